The molecular formula is C15H16F2N4O. The van der Waals surface area contributed by atoms with Crippen LogP contribution in [0.1, 0.15) is 5.56 Å². The number of benzene rings is 1. The summed E-state index contributed by atoms with van der Waals surface area (Å²) in [5.74, 6) is 0.244. The lowest BCUT2D eigenvalue weighted by atomic mass is 10.2. The number of hydrogen-bond donors (Lipinski definition) is 1. The average Bonchev–Trinajstić information content (AvgIpc) is 2.55. The lowest BCUT2D eigenvalue weighted by Gasteiger charge is -2.27. The summed E-state index contributed by atoms with van der Waals surface area (Å²) in [5, 5.41) is 3.03. The predicted molar refractivity (Wildman–Crippen MR) is 78.7 cm³/mol. The van der Waals surface area contributed by atoms with E-state index in [2.05, 4.69) is 20.2 Å². The van der Waals surface area contributed by atoms with Gasteiger partial charge in [0.25, 0.3) is 0 Å². The number of morpholine rings is 1. The first kappa shape index (κ1) is 14.6. The summed E-state index contributed by atoms with van der Waals surface area (Å²) >= 11 is 0. The van der Waals surface area contributed by atoms with Crippen LogP contribution in [0, 0.1) is 11.6 Å². The van der Waals surface area contributed by atoms with E-state index in [-0.39, 0.29) is 6.54 Å². The third kappa shape index (κ3) is 3.48. The molecule has 0 unspecified atom stereocenters. The van der Waals surface area contributed by atoms with Gasteiger partial charge in [0, 0.05) is 37.3 Å². The van der Waals surface area contributed by atoms with Crippen LogP contribution in [0.3, 0.4) is 0 Å². The zero-order valence-electron chi connectivity index (χ0n) is 11.9. The average molecular weight is 306 g/mol. The normalized spacial score (nSPS) is 14.9. The standard InChI is InChI=1S/C15H16F2N4O/c16-12-2-1-11(13(17)7-12)9-18-14-8-15(20-10-19-14)21-3-5-22-6-4-21/h1-2,7-8,10H,3-6,9H2,(H,18,19,20). The van der Waals surface area contributed by atoms with Crippen molar-refractivity contribution in [1.82, 2.24) is 9.97 Å². The quantitative estimate of drug-likeness (QED) is 0.938. The molecule has 0 saturated carbocycles. The summed E-state index contributed by atoms with van der Waals surface area (Å²) in [4.78, 5) is 10.5. The Kier molecular flexibility index (Phi) is 4.43. The molecule has 0 atom stereocenters. The number of nitrogens with one attached hydrogen (secondary N) is 1. The van der Waals surface area contributed by atoms with E-state index in [0.29, 0.717) is 24.6 Å². The van der Waals surface area contributed by atoms with Gasteiger partial charge in [0.1, 0.15) is 29.6 Å². The molecule has 1 aromatic carbocycles. The van der Waals surface area contributed by atoms with Gasteiger partial charge in [-0.3, -0.25) is 0 Å². The SMILES string of the molecule is Fc1ccc(CNc2cc(N3CCOCC3)ncn2)c(F)c1. The lowest BCUT2D eigenvalue weighted by molar-refractivity contribution is 0.122. The molecule has 1 fully saturated rings. The van der Waals surface area contributed by atoms with Crippen molar-refractivity contribution in [3.05, 3.63) is 47.8 Å². The molecule has 116 valence electrons. The van der Waals surface area contributed by atoms with Crippen LogP contribution in [0.5, 0.6) is 0 Å². The van der Waals surface area contributed by atoms with Gasteiger partial charge in [0.05, 0.1) is 13.2 Å². The van der Waals surface area contributed by atoms with Crippen molar-refractivity contribution in [3.63, 3.8) is 0 Å². The Morgan fingerprint density at radius 3 is 2.73 bits per heavy atom. The van der Waals surface area contributed by atoms with Crippen LogP contribution in [0.15, 0.2) is 30.6 Å². The van der Waals surface area contributed by atoms with Gasteiger partial charge in [-0.25, -0.2) is 18.7 Å². The Morgan fingerprint density at radius 2 is 1.95 bits per heavy atom. The van der Waals surface area contributed by atoms with Crippen molar-refractivity contribution in [3.8, 4) is 0 Å². The van der Waals surface area contributed by atoms with Crippen molar-refractivity contribution in [1.29, 1.82) is 0 Å². The third-order valence-electron chi connectivity index (χ3n) is 3.46. The molecule has 7 heteroatoms. The molecule has 0 aliphatic carbocycles. The topological polar surface area (TPSA) is 50.3 Å². The maximum atomic E-state index is 13.6. The molecule has 3 rings (SSSR count). The summed E-state index contributed by atoms with van der Waals surface area (Å²) in [7, 11) is 0. The second-order valence-corrected chi connectivity index (χ2v) is 4.95. The van der Waals surface area contributed by atoms with Crippen LogP contribution in [0.2, 0.25) is 0 Å². The highest BCUT2D eigenvalue weighted by atomic mass is 19.1. The maximum absolute atomic E-state index is 13.6. The molecule has 0 amide bonds. The summed E-state index contributed by atoms with van der Waals surface area (Å²) in [6.07, 6.45) is 1.47. The monoisotopic (exact) mass is 306 g/mol. The fourth-order valence-corrected chi connectivity index (χ4v) is 2.26. The second-order valence-electron chi connectivity index (χ2n) is 4.95. The summed E-state index contributed by atoms with van der Waals surface area (Å²) in [6.45, 7) is 3.14. The summed E-state index contributed by atoms with van der Waals surface area (Å²) < 4.78 is 31.8. The van der Waals surface area contributed by atoms with E-state index < -0.39 is 11.6 Å². The smallest absolute Gasteiger partial charge is 0.134 e. The van der Waals surface area contributed by atoms with Crippen LogP contribution < -0.4 is 10.2 Å². The molecule has 22 heavy (non-hydrogen) atoms. The molecule has 1 saturated heterocycles. The zero-order valence-corrected chi connectivity index (χ0v) is 11.9. The number of nitrogens with zero attached hydrogens (tertiary/aromatic N) is 3. The third-order valence-corrected chi connectivity index (χ3v) is 3.46. The largest absolute Gasteiger partial charge is 0.378 e. The first-order chi connectivity index (χ1) is 10.7. The Hall–Kier alpha value is -2.28. The van der Waals surface area contributed by atoms with Crippen LogP contribution in [0.25, 0.3) is 0 Å². The molecule has 2 heterocycles. The minimum Gasteiger partial charge on any atom is -0.378 e. The summed E-state index contributed by atoms with van der Waals surface area (Å²) in [6, 6.07) is 5.34. The molecule has 0 spiro atoms. The van der Waals surface area contributed by atoms with Gasteiger partial charge >= 0.3 is 0 Å². The Balaban J connectivity index is 1.67. The van der Waals surface area contributed by atoms with E-state index >= 15 is 0 Å². The molecule has 0 radical (unpaired) electrons. The number of aromatic nitrogens is 2. The van der Waals surface area contributed by atoms with Gasteiger partial charge in [-0.15, -0.1) is 0 Å². The van der Waals surface area contributed by atoms with E-state index in [1.807, 2.05) is 6.07 Å². The van der Waals surface area contributed by atoms with Crippen LogP contribution in [0.4, 0.5) is 20.4 Å². The van der Waals surface area contributed by atoms with E-state index in [9.17, 15) is 8.78 Å². The summed E-state index contributed by atoms with van der Waals surface area (Å²) in [5.41, 5.74) is 0.382. The van der Waals surface area contributed by atoms with Gasteiger partial charge in [0.2, 0.25) is 0 Å². The van der Waals surface area contributed by atoms with Gasteiger partial charge < -0.3 is 15.0 Å². The molecule has 2 aromatic rings. The minimum absolute atomic E-state index is 0.228. The molecule has 1 N–H and O–H groups in total. The highest BCUT2D eigenvalue weighted by molar-refractivity contribution is 5.48. The van der Waals surface area contributed by atoms with Crippen molar-refractivity contribution in [2.45, 2.75) is 6.54 Å². The van der Waals surface area contributed by atoms with Crippen molar-refractivity contribution in [2.75, 3.05) is 36.5 Å². The Labute approximate surface area is 127 Å². The van der Waals surface area contributed by atoms with Gasteiger partial charge in [0.15, 0.2) is 0 Å². The van der Waals surface area contributed by atoms with Crippen molar-refractivity contribution >= 4 is 11.6 Å². The maximum Gasteiger partial charge on any atom is 0.134 e. The van der Waals surface area contributed by atoms with E-state index in [4.69, 9.17) is 4.74 Å². The molecule has 1 aliphatic heterocycles. The van der Waals surface area contributed by atoms with Crippen LogP contribution in [-0.4, -0.2) is 36.3 Å². The number of rotatable bonds is 4. The first-order valence-electron chi connectivity index (χ1n) is 7.05. The molecule has 1 aromatic heterocycles. The Morgan fingerprint density at radius 1 is 1.14 bits per heavy atom. The zero-order chi connectivity index (χ0) is 15.4. The van der Waals surface area contributed by atoms with Gasteiger partial charge in [-0.05, 0) is 6.07 Å². The van der Waals surface area contributed by atoms with Crippen molar-refractivity contribution in [2.24, 2.45) is 0 Å². The number of ether oxygens (including phenoxy) is 1. The van der Waals surface area contributed by atoms with E-state index in [1.165, 1.54) is 18.5 Å². The number of hydrogen-bond acceptors (Lipinski definition) is 5. The van der Waals surface area contributed by atoms with E-state index in [1.54, 1.807) is 0 Å². The first-order valence-corrected chi connectivity index (χ1v) is 7.05. The number of halogens is 2. The molecule has 5 nitrogen and oxygen atoms in total. The number of anilines is 2. The highest BCUT2D eigenvalue weighted by Gasteiger charge is 2.13. The highest BCUT2D eigenvalue weighted by Crippen LogP contribution is 2.17. The molecule has 1 aliphatic rings. The predicted octanol–water partition coefficient (Wildman–Crippen LogP) is 2.20. The minimum atomic E-state index is -0.585. The fourth-order valence-electron chi connectivity index (χ4n) is 2.26. The Bertz CT molecular complexity index is 647. The second kappa shape index (κ2) is 6.65. The lowest BCUT2D eigenvalue weighted by Crippen LogP contribution is -2.36. The van der Waals surface area contributed by atoms with Gasteiger partial charge in [-0.1, -0.05) is 6.07 Å². The molecular weight excluding hydrogens is 290 g/mol. The fraction of sp³-hybridized carbons (Fsp3) is 0.333. The van der Waals surface area contributed by atoms with Crippen LogP contribution in [-0.2, 0) is 11.3 Å². The van der Waals surface area contributed by atoms with Crippen LogP contribution >= 0.6 is 0 Å². The molecule has 0 bridgehead atoms. The van der Waals surface area contributed by atoms with E-state index in [0.717, 1.165) is 25.0 Å². The van der Waals surface area contributed by atoms with Gasteiger partial charge in [-0.2, -0.15) is 0 Å². The van der Waals surface area contributed by atoms with Crippen molar-refractivity contribution < 1.29 is 13.5 Å².